The maximum absolute atomic E-state index is 12.8. The third-order valence-corrected chi connectivity index (χ3v) is 5.57. The van der Waals surface area contributed by atoms with Crippen LogP contribution in [0.4, 0.5) is 16.2 Å². The van der Waals surface area contributed by atoms with Crippen LogP contribution in [0.3, 0.4) is 0 Å². The number of benzene rings is 1. The summed E-state index contributed by atoms with van der Waals surface area (Å²) in [4.78, 5) is 34.7. The molecule has 132 valence electrons. The Labute approximate surface area is 147 Å². The number of carbonyl (C=O) groups excluding carboxylic acids is 2. The predicted octanol–water partition coefficient (Wildman–Crippen LogP) is 1.57. The van der Waals surface area contributed by atoms with E-state index >= 15 is 0 Å². The molecule has 1 aromatic rings. The molecule has 0 saturated carbocycles. The smallest absolute Gasteiger partial charge is 0.325 e. The lowest BCUT2D eigenvalue weighted by molar-refractivity contribution is -0.125. The van der Waals surface area contributed by atoms with Crippen LogP contribution in [0.15, 0.2) is 29.3 Å². The van der Waals surface area contributed by atoms with E-state index in [1.165, 1.54) is 0 Å². The number of hydrogen-bond donors (Lipinski definition) is 1. The van der Waals surface area contributed by atoms with Gasteiger partial charge in [-0.1, -0.05) is 0 Å². The summed E-state index contributed by atoms with van der Waals surface area (Å²) in [5.74, 6) is 0.613. The van der Waals surface area contributed by atoms with E-state index in [-0.39, 0.29) is 6.03 Å². The van der Waals surface area contributed by atoms with Gasteiger partial charge in [-0.25, -0.2) is 4.79 Å². The Bertz CT molecular complexity index is 744. The Kier molecular flexibility index (Phi) is 3.67. The quantitative estimate of drug-likeness (QED) is 0.906. The molecule has 4 rings (SSSR count). The van der Waals surface area contributed by atoms with Crippen molar-refractivity contribution in [2.45, 2.75) is 31.7 Å². The number of nitrogens with zero attached hydrogens (tertiary/aromatic N) is 4. The summed E-state index contributed by atoms with van der Waals surface area (Å²) >= 11 is 0. The highest BCUT2D eigenvalue weighted by molar-refractivity contribution is 6.03. The van der Waals surface area contributed by atoms with Crippen molar-refractivity contribution < 1.29 is 9.59 Å². The van der Waals surface area contributed by atoms with E-state index in [0.29, 0.717) is 19.5 Å². The summed E-state index contributed by atoms with van der Waals surface area (Å²) in [6.45, 7) is 4.79. The molecule has 7 heteroatoms. The fraction of sp³-hybridized carbons (Fsp3) is 0.500. The van der Waals surface area contributed by atoms with Crippen LogP contribution in [-0.2, 0) is 4.79 Å². The molecular weight excluding hydrogens is 318 g/mol. The topological polar surface area (TPSA) is 82.2 Å². The summed E-state index contributed by atoms with van der Waals surface area (Å²) in [5, 5.41) is 0. The first-order chi connectivity index (χ1) is 12.0. The van der Waals surface area contributed by atoms with Crippen LogP contribution in [0.5, 0.6) is 0 Å². The van der Waals surface area contributed by atoms with Crippen molar-refractivity contribution in [2.75, 3.05) is 36.0 Å². The largest absolute Gasteiger partial charge is 0.368 e. The third-order valence-electron chi connectivity index (χ3n) is 5.57. The Balaban J connectivity index is 1.59. The maximum Gasteiger partial charge on any atom is 0.325 e. The fourth-order valence-electron chi connectivity index (χ4n) is 4.18. The van der Waals surface area contributed by atoms with Gasteiger partial charge in [0, 0.05) is 31.0 Å². The highest BCUT2D eigenvalue weighted by atomic mass is 16.2. The average Bonchev–Trinajstić information content (AvgIpc) is 3.15. The monoisotopic (exact) mass is 341 g/mol. The number of urea groups is 1. The molecule has 0 unspecified atom stereocenters. The molecule has 2 fully saturated rings. The first-order valence-electron chi connectivity index (χ1n) is 8.81. The molecule has 0 radical (unpaired) electrons. The highest BCUT2D eigenvalue weighted by Gasteiger charge is 2.56. The van der Waals surface area contributed by atoms with Gasteiger partial charge in [-0.2, -0.15) is 0 Å². The molecule has 7 nitrogen and oxygen atoms in total. The molecule has 2 N–H and O–H groups in total. The van der Waals surface area contributed by atoms with Crippen LogP contribution in [-0.4, -0.2) is 54.4 Å². The molecule has 0 bridgehead atoms. The van der Waals surface area contributed by atoms with E-state index < -0.39 is 11.4 Å². The number of amides is 3. The van der Waals surface area contributed by atoms with Gasteiger partial charge in [0.05, 0.1) is 6.54 Å². The lowest BCUT2D eigenvalue weighted by Crippen LogP contribution is -2.52. The minimum Gasteiger partial charge on any atom is -0.368 e. The normalized spacial score (nSPS) is 26.0. The van der Waals surface area contributed by atoms with Crippen LogP contribution in [0.1, 0.15) is 26.2 Å². The van der Waals surface area contributed by atoms with Crippen molar-refractivity contribution in [3.8, 4) is 0 Å². The second-order valence-electron chi connectivity index (χ2n) is 6.97. The first-order valence-corrected chi connectivity index (χ1v) is 8.81. The molecular formula is C18H23N5O2. The van der Waals surface area contributed by atoms with E-state index in [9.17, 15) is 9.59 Å². The molecule has 1 aromatic carbocycles. The van der Waals surface area contributed by atoms with E-state index in [1.54, 1.807) is 9.80 Å². The maximum atomic E-state index is 12.8. The summed E-state index contributed by atoms with van der Waals surface area (Å²) in [5.41, 5.74) is 6.66. The number of anilines is 2. The van der Waals surface area contributed by atoms with Crippen molar-refractivity contribution in [1.82, 2.24) is 4.90 Å². The minimum atomic E-state index is -0.841. The molecule has 0 aliphatic carbocycles. The number of carbonyl (C=O) groups is 2. The van der Waals surface area contributed by atoms with E-state index in [0.717, 1.165) is 43.1 Å². The number of primary amides is 1. The van der Waals surface area contributed by atoms with Gasteiger partial charge in [-0.3, -0.25) is 14.7 Å². The lowest BCUT2D eigenvalue weighted by Gasteiger charge is -2.28. The van der Waals surface area contributed by atoms with Crippen molar-refractivity contribution >= 4 is 29.1 Å². The number of nitrogens with two attached hydrogens (primary N) is 1. The fourth-order valence-corrected chi connectivity index (χ4v) is 4.18. The van der Waals surface area contributed by atoms with Crippen LogP contribution in [0.2, 0.25) is 0 Å². The molecule has 0 aromatic heterocycles. The molecule has 3 aliphatic heterocycles. The number of rotatable bonds is 3. The molecule has 1 atom stereocenters. The SMILES string of the molecule is CC1=NCCCN1c1ccc(N2C[C@@]3(C(N)=O)CCCN3C2=O)cc1. The molecule has 2 saturated heterocycles. The number of hydrogen-bond acceptors (Lipinski definition) is 4. The lowest BCUT2D eigenvalue weighted by atomic mass is 9.96. The Morgan fingerprint density at radius 1 is 1.12 bits per heavy atom. The van der Waals surface area contributed by atoms with Crippen LogP contribution < -0.4 is 15.5 Å². The zero-order chi connectivity index (χ0) is 17.6. The number of aliphatic imine (C=N–C) groups is 1. The molecule has 0 spiro atoms. The molecule has 3 amide bonds. The van der Waals surface area contributed by atoms with Crippen molar-refractivity contribution in [3.63, 3.8) is 0 Å². The third kappa shape index (κ3) is 2.37. The van der Waals surface area contributed by atoms with Gasteiger partial charge in [0.2, 0.25) is 5.91 Å². The van der Waals surface area contributed by atoms with Crippen LogP contribution in [0.25, 0.3) is 0 Å². The zero-order valence-electron chi connectivity index (χ0n) is 14.4. The van der Waals surface area contributed by atoms with Crippen molar-refractivity contribution in [1.29, 1.82) is 0 Å². The van der Waals surface area contributed by atoms with Crippen LogP contribution >= 0.6 is 0 Å². The predicted molar refractivity (Wildman–Crippen MR) is 97.0 cm³/mol. The second-order valence-corrected chi connectivity index (χ2v) is 6.97. The number of fused-ring (bicyclic) bond motifs is 1. The summed E-state index contributed by atoms with van der Waals surface area (Å²) in [7, 11) is 0. The summed E-state index contributed by atoms with van der Waals surface area (Å²) in [6, 6.07) is 7.76. The van der Waals surface area contributed by atoms with Crippen LogP contribution in [0, 0.1) is 0 Å². The summed E-state index contributed by atoms with van der Waals surface area (Å²) < 4.78 is 0. The molecule has 3 aliphatic rings. The van der Waals surface area contributed by atoms with Crippen molar-refractivity contribution in [2.24, 2.45) is 10.7 Å². The summed E-state index contributed by atoms with van der Waals surface area (Å²) in [6.07, 6.45) is 2.51. The van der Waals surface area contributed by atoms with E-state index in [1.807, 2.05) is 31.2 Å². The number of amidine groups is 1. The standard InChI is InChI=1S/C18H23N5O2/c1-13-20-9-3-10-21(13)14-4-6-15(7-5-14)22-12-18(16(19)24)8-2-11-23(18)17(22)25/h4-7H,2-3,8-12H2,1H3,(H2,19,24)/t18-/m1/s1. The average molecular weight is 341 g/mol. The van der Waals surface area contributed by atoms with Gasteiger partial charge in [0.25, 0.3) is 0 Å². The van der Waals surface area contributed by atoms with Gasteiger partial charge < -0.3 is 15.5 Å². The van der Waals surface area contributed by atoms with E-state index in [2.05, 4.69) is 9.89 Å². The Hall–Kier alpha value is -2.57. The first kappa shape index (κ1) is 15.9. The van der Waals surface area contributed by atoms with Gasteiger partial charge in [0.1, 0.15) is 11.4 Å². The molecule has 3 heterocycles. The van der Waals surface area contributed by atoms with Gasteiger partial charge in [0.15, 0.2) is 0 Å². The highest BCUT2D eigenvalue weighted by Crippen LogP contribution is 2.39. The van der Waals surface area contributed by atoms with Crippen molar-refractivity contribution in [3.05, 3.63) is 24.3 Å². The zero-order valence-corrected chi connectivity index (χ0v) is 14.4. The van der Waals surface area contributed by atoms with Gasteiger partial charge >= 0.3 is 6.03 Å². The van der Waals surface area contributed by atoms with Gasteiger partial charge in [-0.05, 0) is 50.5 Å². The molecule has 25 heavy (non-hydrogen) atoms. The minimum absolute atomic E-state index is 0.125. The second kappa shape index (κ2) is 5.75. The Morgan fingerprint density at radius 2 is 1.80 bits per heavy atom. The van der Waals surface area contributed by atoms with Gasteiger partial charge in [-0.15, -0.1) is 0 Å². The Morgan fingerprint density at radius 3 is 2.40 bits per heavy atom. The van der Waals surface area contributed by atoms with E-state index in [4.69, 9.17) is 5.73 Å².